The van der Waals surface area contributed by atoms with Crippen LogP contribution in [0.5, 0.6) is 23.0 Å². The van der Waals surface area contributed by atoms with Crippen LogP contribution in [0.25, 0.3) is 0 Å². The highest BCUT2D eigenvalue weighted by Gasteiger charge is 2.49. The van der Waals surface area contributed by atoms with E-state index in [1.807, 2.05) is 59.5 Å². The maximum Gasteiger partial charge on any atom is 0.252 e. The first kappa shape index (κ1) is 25.2. The van der Waals surface area contributed by atoms with Gasteiger partial charge in [-0.25, -0.2) is 8.42 Å². The molecule has 37 heavy (non-hydrogen) atoms. The molecule has 3 aromatic rings. The van der Waals surface area contributed by atoms with Crippen molar-refractivity contribution in [3.63, 3.8) is 0 Å². The van der Waals surface area contributed by atoms with Crippen molar-refractivity contribution in [2.75, 3.05) is 30.6 Å². The van der Waals surface area contributed by atoms with E-state index < -0.39 is 9.84 Å². The number of fused-ring (bicyclic) bond motifs is 1. The third kappa shape index (κ3) is 5.60. The molecular formula is C27H26N2O6S2. The molecule has 8 nitrogen and oxygen atoms in total. The summed E-state index contributed by atoms with van der Waals surface area (Å²) < 4.78 is 41.2. The molecule has 5 rings (SSSR count). The molecule has 10 heteroatoms. The molecule has 0 N–H and O–H groups in total. The fraction of sp³-hybridized carbons (Fsp3) is 0.259. The highest BCUT2D eigenvalue weighted by atomic mass is 32.2. The average molecular weight is 539 g/mol. The summed E-state index contributed by atoms with van der Waals surface area (Å²) in [5.74, 6) is 2.25. The Morgan fingerprint density at radius 1 is 0.946 bits per heavy atom. The normalized spacial score (nSPS) is 21.0. The lowest BCUT2D eigenvalue weighted by Gasteiger charge is -2.24. The van der Waals surface area contributed by atoms with E-state index in [2.05, 4.69) is 4.99 Å². The highest BCUT2D eigenvalue weighted by molar-refractivity contribution is 8.16. The van der Waals surface area contributed by atoms with Crippen LogP contribution in [0.3, 0.4) is 0 Å². The second-order valence-electron chi connectivity index (χ2n) is 8.73. The fourth-order valence-electron chi connectivity index (χ4n) is 4.48. The molecule has 0 aromatic heterocycles. The van der Waals surface area contributed by atoms with Crippen LogP contribution >= 0.6 is 11.8 Å². The number of ether oxygens (including phenoxy) is 3. The number of sulfone groups is 1. The van der Waals surface area contributed by atoms with Crippen LogP contribution in [0.1, 0.15) is 5.56 Å². The van der Waals surface area contributed by atoms with Gasteiger partial charge in [-0.2, -0.15) is 4.99 Å². The van der Waals surface area contributed by atoms with Gasteiger partial charge in [-0.15, -0.1) is 0 Å². The Hall–Kier alpha value is -3.50. The third-order valence-corrected chi connectivity index (χ3v) is 9.39. The smallest absolute Gasteiger partial charge is 0.252 e. The summed E-state index contributed by atoms with van der Waals surface area (Å²) in [6, 6.07) is 21.8. The topological polar surface area (TPSA) is 94.5 Å². The van der Waals surface area contributed by atoms with Gasteiger partial charge in [0.1, 0.15) is 11.5 Å². The summed E-state index contributed by atoms with van der Waals surface area (Å²) in [6.45, 7) is 0. The molecule has 2 aliphatic rings. The SMILES string of the molecule is COc1ccc(CC(=O)N=C2SC3CS(=O)(=O)CC3N2c2ccc(Oc3ccccc3)cc2)cc1OC. The van der Waals surface area contributed by atoms with E-state index in [1.165, 1.54) is 11.8 Å². The lowest BCUT2D eigenvalue weighted by atomic mass is 10.1. The molecule has 2 heterocycles. The second kappa shape index (κ2) is 10.5. The quantitative estimate of drug-likeness (QED) is 0.439. The standard InChI is InChI=1S/C27H26N2O6S2/c1-33-23-13-8-18(14-24(23)34-2)15-26(30)28-27-29(22-16-37(31,32)17-25(22)36-27)19-9-11-21(12-10-19)35-20-6-4-3-5-7-20/h3-14,22,25H,15-17H2,1-2H3. The van der Waals surface area contributed by atoms with Crippen LogP contribution < -0.4 is 19.1 Å². The minimum atomic E-state index is -3.16. The number of benzene rings is 3. The van der Waals surface area contributed by atoms with E-state index in [9.17, 15) is 13.2 Å². The van der Waals surface area contributed by atoms with Crippen LogP contribution in [0, 0.1) is 0 Å². The van der Waals surface area contributed by atoms with E-state index in [1.54, 1.807) is 32.4 Å². The summed E-state index contributed by atoms with van der Waals surface area (Å²) in [6.07, 6.45) is 0.0791. The zero-order chi connectivity index (χ0) is 26.0. The molecular weight excluding hydrogens is 512 g/mol. The number of carbonyl (C=O) groups excluding carboxylic acids is 1. The largest absolute Gasteiger partial charge is 0.493 e. The first-order valence-corrected chi connectivity index (χ1v) is 14.4. The Bertz CT molecular complexity index is 1430. The summed E-state index contributed by atoms with van der Waals surface area (Å²) in [5, 5.41) is 0.324. The number of methoxy groups -OCH3 is 2. The molecule has 1 amide bonds. The van der Waals surface area contributed by atoms with Crippen molar-refractivity contribution in [3.05, 3.63) is 78.4 Å². The number of rotatable bonds is 7. The van der Waals surface area contributed by atoms with Crippen molar-refractivity contribution in [1.82, 2.24) is 0 Å². The first-order valence-electron chi connectivity index (χ1n) is 11.7. The monoisotopic (exact) mass is 538 g/mol. The molecule has 0 bridgehead atoms. The molecule has 192 valence electrons. The van der Waals surface area contributed by atoms with Crippen molar-refractivity contribution in [1.29, 1.82) is 0 Å². The summed E-state index contributed by atoms with van der Waals surface area (Å²) in [4.78, 5) is 19.3. The van der Waals surface area contributed by atoms with Gasteiger partial charge in [-0.05, 0) is 54.1 Å². The Morgan fingerprint density at radius 2 is 1.65 bits per heavy atom. The Morgan fingerprint density at radius 3 is 2.35 bits per heavy atom. The molecule has 2 unspecified atom stereocenters. The Labute approximate surface area is 220 Å². The molecule has 0 saturated carbocycles. The average Bonchev–Trinajstić information content (AvgIpc) is 3.35. The Balaban J connectivity index is 1.39. The first-order chi connectivity index (χ1) is 17.8. The molecule has 0 radical (unpaired) electrons. The number of hydrogen-bond donors (Lipinski definition) is 0. The van der Waals surface area contributed by atoms with Gasteiger partial charge < -0.3 is 19.1 Å². The van der Waals surface area contributed by atoms with Crippen molar-refractivity contribution < 1.29 is 27.4 Å². The van der Waals surface area contributed by atoms with Gasteiger partial charge in [0, 0.05) is 10.9 Å². The zero-order valence-electron chi connectivity index (χ0n) is 20.4. The Kier molecular flexibility index (Phi) is 7.12. The van der Waals surface area contributed by atoms with Gasteiger partial charge >= 0.3 is 0 Å². The number of amides is 1. The lowest BCUT2D eigenvalue weighted by molar-refractivity contribution is -0.117. The molecule has 3 aromatic carbocycles. The van der Waals surface area contributed by atoms with Gasteiger partial charge in [0.15, 0.2) is 26.5 Å². The number of aliphatic imine (C=N–C) groups is 1. The maximum atomic E-state index is 13.0. The van der Waals surface area contributed by atoms with Gasteiger partial charge in [-0.1, -0.05) is 36.0 Å². The number of nitrogens with zero attached hydrogens (tertiary/aromatic N) is 2. The minimum absolute atomic E-state index is 0.0236. The van der Waals surface area contributed by atoms with Crippen LogP contribution in [0.4, 0.5) is 5.69 Å². The molecule has 0 spiro atoms. The highest BCUT2D eigenvalue weighted by Crippen LogP contribution is 2.41. The van der Waals surface area contributed by atoms with Crippen molar-refractivity contribution >= 4 is 38.4 Å². The molecule has 2 fully saturated rings. The van der Waals surface area contributed by atoms with Gasteiger partial charge in [0.05, 0.1) is 38.2 Å². The van der Waals surface area contributed by atoms with Crippen LogP contribution in [0.2, 0.25) is 0 Å². The predicted molar refractivity (Wildman–Crippen MR) is 145 cm³/mol. The van der Waals surface area contributed by atoms with E-state index in [0.717, 1.165) is 17.0 Å². The number of amidine groups is 1. The molecule has 2 saturated heterocycles. The molecule has 0 aliphatic carbocycles. The van der Waals surface area contributed by atoms with Crippen molar-refractivity contribution in [2.24, 2.45) is 4.99 Å². The number of para-hydroxylation sites is 1. The summed E-state index contributed by atoms with van der Waals surface area (Å²) in [7, 11) is -0.0680. The van der Waals surface area contributed by atoms with Crippen LogP contribution in [-0.2, 0) is 21.1 Å². The summed E-state index contributed by atoms with van der Waals surface area (Å²) >= 11 is 1.35. The summed E-state index contributed by atoms with van der Waals surface area (Å²) in [5.41, 5.74) is 1.50. The van der Waals surface area contributed by atoms with Gasteiger partial charge in [-0.3, -0.25) is 4.79 Å². The van der Waals surface area contributed by atoms with E-state index >= 15 is 0 Å². The van der Waals surface area contributed by atoms with Crippen molar-refractivity contribution in [2.45, 2.75) is 17.7 Å². The number of thioether (sulfide) groups is 1. The van der Waals surface area contributed by atoms with Gasteiger partial charge in [0.2, 0.25) is 0 Å². The van der Waals surface area contributed by atoms with E-state index in [-0.39, 0.29) is 35.1 Å². The second-order valence-corrected chi connectivity index (χ2v) is 12.1. The minimum Gasteiger partial charge on any atom is -0.493 e. The molecule has 2 aliphatic heterocycles. The predicted octanol–water partition coefficient (Wildman–Crippen LogP) is 4.34. The van der Waals surface area contributed by atoms with E-state index in [4.69, 9.17) is 14.2 Å². The maximum absolute atomic E-state index is 13.0. The van der Waals surface area contributed by atoms with Gasteiger partial charge in [0.25, 0.3) is 5.91 Å². The zero-order valence-corrected chi connectivity index (χ0v) is 22.0. The van der Waals surface area contributed by atoms with Crippen LogP contribution in [0.15, 0.2) is 77.8 Å². The molecule has 2 atom stereocenters. The lowest BCUT2D eigenvalue weighted by Crippen LogP contribution is -2.37. The number of anilines is 1. The number of carbonyl (C=O) groups is 1. The van der Waals surface area contributed by atoms with Crippen molar-refractivity contribution in [3.8, 4) is 23.0 Å². The van der Waals surface area contributed by atoms with E-state index in [0.29, 0.717) is 22.4 Å². The third-order valence-electron chi connectivity index (χ3n) is 6.18. The fourth-order valence-corrected chi connectivity index (χ4v) is 8.41. The number of hydrogen-bond acceptors (Lipinski definition) is 7. The van der Waals surface area contributed by atoms with Crippen LogP contribution in [-0.4, -0.2) is 56.5 Å².